The number of carbonyl (C=O) groups is 2. The summed E-state index contributed by atoms with van der Waals surface area (Å²) in [5.74, 6) is -0.123. The van der Waals surface area contributed by atoms with Gasteiger partial charge in [-0.25, -0.2) is 4.79 Å². The van der Waals surface area contributed by atoms with Crippen molar-refractivity contribution in [2.45, 2.75) is 39.8 Å². The van der Waals surface area contributed by atoms with Crippen LogP contribution in [0, 0.1) is 13.8 Å². The molecule has 1 amide bonds. The van der Waals surface area contributed by atoms with Crippen molar-refractivity contribution in [1.82, 2.24) is 4.90 Å². The summed E-state index contributed by atoms with van der Waals surface area (Å²) in [6.45, 7) is 5.73. The molecule has 4 nitrogen and oxygen atoms in total. The second-order valence-corrected chi connectivity index (χ2v) is 6.62. The third-order valence-corrected chi connectivity index (χ3v) is 4.60. The molecule has 2 aromatic rings. The molecule has 4 heteroatoms. The Morgan fingerprint density at radius 2 is 1.88 bits per heavy atom. The molecular formula is C21H23NO3. The minimum absolute atomic E-state index is 0.206. The summed E-state index contributed by atoms with van der Waals surface area (Å²) in [5.41, 5.74) is 4.85. The first kappa shape index (κ1) is 17.2. The number of carbonyl (C=O) groups excluding carboxylic acids is 2. The van der Waals surface area contributed by atoms with Crippen LogP contribution in [0.5, 0.6) is 0 Å². The Morgan fingerprint density at radius 1 is 1.12 bits per heavy atom. The zero-order valence-corrected chi connectivity index (χ0v) is 14.7. The fraction of sp³-hybridized carbons (Fsp3) is 0.333. The van der Waals surface area contributed by atoms with Crippen LogP contribution in [0.15, 0.2) is 42.5 Å². The number of esters is 1. The van der Waals surface area contributed by atoms with Crippen molar-refractivity contribution >= 4 is 11.9 Å². The quantitative estimate of drug-likeness (QED) is 0.780. The number of ether oxygens (including phenoxy) is 1. The van der Waals surface area contributed by atoms with E-state index < -0.39 is 0 Å². The molecule has 0 aromatic heterocycles. The van der Waals surface area contributed by atoms with E-state index in [-0.39, 0.29) is 18.5 Å². The molecule has 0 aliphatic carbocycles. The van der Waals surface area contributed by atoms with Gasteiger partial charge in [0.2, 0.25) is 5.91 Å². The van der Waals surface area contributed by atoms with Crippen LogP contribution in [0.3, 0.4) is 0 Å². The Balaban J connectivity index is 1.59. The summed E-state index contributed by atoms with van der Waals surface area (Å²) >= 11 is 0. The fourth-order valence-corrected chi connectivity index (χ4v) is 3.02. The molecule has 25 heavy (non-hydrogen) atoms. The monoisotopic (exact) mass is 337 g/mol. The predicted molar refractivity (Wildman–Crippen MR) is 96.1 cm³/mol. The van der Waals surface area contributed by atoms with E-state index in [9.17, 15) is 9.59 Å². The van der Waals surface area contributed by atoms with Crippen LogP contribution in [0.25, 0.3) is 0 Å². The molecule has 1 saturated heterocycles. The van der Waals surface area contributed by atoms with Crippen molar-refractivity contribution in [3.63, 3.8) is 0 Å². The van der Waals surface area contributed by atoms with Crippen molar-refractivity contribution in [1.29, 1.82) is 0 Å². The lowest BCUT2D eigenvalue weighted by molar-refractivity contribution is -0.128. The van der Waals surface area contributed by atoms with Gasteiger partial charge in [0.15, 0.2) is 0 Å². The maximum Gasteiger partial charge on any atom is 0.338 e. The van der Waals surface area contributed by atoms with E-state index in [1.54, 1.807) is 12.1 Å². The minimum Gasteiger partial charge on any atom is -0.457 e. The fourth-order valence-electron chi connectivity index (χ4n) is 3.02. The van der Waals surface area contributed by atoms with Crippen molar-refractivity contribution in [3.05, 3.63) is 70.3 Å². The number of likely N-dealkylation sites (tertiary alicyclic amines) is 1. The molecule has 0 atom stereocenters. The number of aryl methyl sites for hydroxylation is 2. The first-order valence-electron chi connectivity index (χ1n) is 8.63. The summed E-state index contributed by atoms with van der Waals surface area (Å²) in [4.78, 5) is 25.8. The minimum atomic E-state index is -0.329. The highest BCUT2D eigenvalue weighted by atomic mass is 16.5. The molecular weight excluding hydrogens is 314 g/mol. The van der Waals surface area contributed by atoms with Crippen LogP contribution in [0.2, 0.25) is 0 Å². The van der Waals surface area contributed by atoms with Gasteiger partial charge in [-0.15, -0.1) is 0 Å². The third kappa shape index (κ3) is 4.27. The number of rotatable bonds is 5. The van der Waals surface area contributed by atoms with Gasteiger partial charge in [-0.1, -0.05) is 35.9 Å². The normalized spacial score (nSPS) is 14.0. The van der Waals surface area contributed by atoms with Gasteiger partial charge >= 0.3 is 5.97 Å². The number of hydrogen-bond donors (Lipinski definition) is 0. The SMILES string of the molecule is Cc1ccc(C)c(COC(=O)c2ccc(CN3CCCC3=O)cc2)c1. The molecule has 1 fully saturated rings. The smallest absolute Gasteiger partial charge is 0.338 e. The Morgan fingerprint density at radius 3 is 2.56 bits per heavy atom. The van der Waals surface area contributed by atoms with Crippen LogP contribution in [-0.2, 0) is 22.7 Å². The van der Waals surface area contributed by atoms with Crippen molar-refractivity contribution in [3.8, 4) is 0 Å². The summed E-state index contributed by atoms with van der Waals surface area (Å²) in [6.07, 6.45) is 1.57. The summed E-state index contributed by atoms with van der Waals surface area (Å²) in [7, 11) is 0. The summed E-state index contributed by atoms with van der Waals surface area (Å²) in [5, 5.41) is 0. The zero-order valence-electron chi connectivity index (χ0n) is 14.7. The molecule has 0 bridgehead atoms. The largest absolute Gasteiger partial charge is 0.457 e. The van der Waals surface area contributed by atoms with Crippen molar-refractivity contribution < 1.29 is 14.3 Å². The zero-order chi connectivity index (χ0) is 17.8. The second-order valence-electron chi connectivity index (χ2n) is 6.62. The van der Waals surface area contributed by atoms with Crippen LogP contribution in [0.4, 0.5) is 0 Å². The number of nitrogens with zero attached hydrogens (tertiary/aromatic N) is 1. The van der Waals surface area contributed by atoms with E-state index in [0.717, 1.165) is 35.2 Å². The van der Waals surface area contributed by atoms with E-state index in [4.69, 9.17) is 4.74 Å². The topological polar surface area (TPSA) is 46.6 Å². The van der Waals surface area contributed by atoms with Gasteiger partial charge in [-0.2, -0.15) is 0 Å². The van der Waals surface area contributed by atoms with E-state index >= 15 is 0 Å². The van der Waals surface area contributed by atoms with Gasteiger partial charge in [0.05, 0.1) is 5.56 Å². The highest BCUT2D eigenvalue weighted by Crippen LogP contribution is 2.16. The first-order chi connectivity index (χ1) is 12.0. The summed E-state index contributed by atoms with van der Waals surface area (Å²) in [6, 6.07) is 13.4. The van der Waals surface area contributed by atoms with Gasteiger partial charge in [0, 0.05) is 19.5 Å². The number of amides is 1. The van der Waals surface area contributed by atoms with E-state index in [2.05, 4.69) is 0 Å². The maximum atomic E-state index is 12.2. The average molecular weight is 337 g/mol. The van der Waals surface area contributed by atoms with Crippen LogP contribution < -0.4 is 0 Å². The van der Waals surface area contributed by atoms with E-state index in [1.807, 2.05) is 49.1 Å². The van der Waals surface area contributed by atoms with Gasteiger partial charge in [-0.05, 0) is 49.1 Å². The lowest BCUT2D eigenvalue weighted by Crippen LogP contribution is -2.23. The Kier molecular flexibility index (Phi) is 5.17. The van der Waals surface area contributed by atoms with Crippen molar-refractivity contribution in [2.75, 3.05) is 6.54 Å². The maximum absolute atomic E-state index is 12.2. The Hall–Kier alpha value is -2.62. The number of benzene rings is 2. The van der Waals surface area contributed by atoms with Gasteiger partial charge in [0.25, 0.3) is 0 Å². The highest BCUT2D eigenvalue weighted by molar-refractivity contribution is 5.89. The number of hydrogen-bond acceptors (Lipinski definition) is 3. The first-order valence-corrected chi connectivity index (χ1v) is 8.63. The molecule has 1 heterocycles. The van der Waals surface area contributed by atoms with Gasteiger partial charge in [0.1, 0.15) is 6.61 Å². The lowest BCUT2D eigenvalue weighted by atomic mass is 10.1. The highest BCUT2D eigenvalue weighted by Gasteiger charge is 2.20. The second kappa shape index (κ2) is 7.51. The Labute approximate surface area is 148 Å². The lowest BCUT2D eigenvalue weighted by Gasteiger charge is -2.15. The molecule has 1 aliphatic heterocycles. The molecule has 2 aromatic carbocycles. The third-order valence-electron chi connectivity index (χ3n) is 4.60. The molecule has 0 N–H and O–H groups in total. The molecule has 1 aliphatic rings. The van der Waals surface area contributed by atoms with Crippen LogP contribution in [0.1, 0.15) is 45.5 Å². The van der Waals surface area contributed by atoms with Gasteiger partial charge < -0.3 is 9.64 Å². The molecule has 0 spiro atoms. The average Bonchev–Trinajstić information content (AvgIpc) is 3.01. The van der Waals surface area contributed by atoms with E-state index in [0.29, 0.717) is 18.5 Å². The van der Waals surface area contributed by atoms with E-state index in [1.165, 1.54) is 0 Å². The van der Waals surface area contributed by atoms with Crippen molar-refractivity contribution in [2.24, 2.45) is 0 Å². The Bertz CT molecular complexity index is 780. The van der Waals surface area contributed by atoms with Crippen LogP contribution in [-0.4, -0.2) is 23.3 Å². The molecule has 0 saturated carbocycles. The summed E-state index contributed by atoms with van der Waals surface area (Å²) < 4.78 is 5.44. The molecule has 130 valence electrons. The molecule has 0 radical (unpaired) electrons. The molecule has 0 unspecified atom stereocenters. The van der Waals surface area contributed by atoms with Crippen LogP contribution >= 0.6 is 0 Å². The standard InChI is InChI=1S/C21H23NO3/c1-15-5-6-16(2)19(12-15)14-25-21(24)18-9-7-17(8-10-18)13-22-11-3-4-20(22)23/h5-10,12H,3-4,11,13-14H2,1-2H3. The van der Waals surface area contributed by atoms with Gasteiger partial charge in [-0.3, -0.25) is 4.79 Å². The molecule has 3 rings (SSSR count). The predicted octanol–water partition coefficient (Wildman–Crippen LogP) is 3.78.